The Labute approximate surface area is 208 Å². The first-order valence-electron chi connectivity index (χ1n) is 13.0. The minimum atomic E-state index is -1.52. The lowest BCUT2D eigenvalue weighted by atomic mass is 9.59. The Hall–Kier alpha value is -2.44. The summed E-state index contributed by atoms with van der Waals surface area (Å²) in [4.78, 5) is 26.9. The van der Waals surface area contributed by atoms with Gasteiger partial charge in [0.15, 0.2) is 0 Å². The molecule has 0 unspecified atom stereocenters. The lowest BCUT2D eigenvalue weighted by Crippen LogP contribution is -2.61. The Morgan fingerprint density at radius 2 is 1.86 bits per heavy atom. The van der Waals surface area contributed by atoms with E-state index in [2.05, 4.69) is 18.8 Å². The highest BCUT2D eigenvalue weighted by Crippen LogP contribution is 2.52. The van der Waals surface area contributed by atoms with Gasteiger partial charge in [-0.25, -0.2) is 0 Å². The van der Waals surface area contributed by atoms with Gasteiger partial charge in [0, 0.05) is 18.4 Å². The van der Waals surface area contributed by atoms with Crippen molar-refractivity contribution < 1.29 is 24.5 Å². The second-order valence-corrected chi connectivity index (χ2v) is 10.8. The molecule has 0 radical (unpaired) electrons. The van der Waals surface area contributed by atoms with E-state index in [1.807, 2.05) is 49.4 Å². The van der Waals surface area contributed by atoms with Gasteiger partial charge in [-0.05, 0) is 48.7 Å². The van der Waals surface area contributed by atoms with Crippen LogP contribution in [0, 0.1) is 23.7 Å². The maximum Gasteiger partial charge on any atom is 0.306 e. The standard InChI is InChI=1S/C29H39NO5/c1-18-9-7-13-22(31)15-16-25(32)35-29-23(14-8-10-18)27(33)20(3)19(2)26(29)24(30-28(29)34)17-21-11-5-4-6-12-21/h4-6,8,11-12,14,18-19,22-24,26-27,31,33H,3,7,9-10,13,15-17H2,1-2H3,(H,30,34)/b14-8-/t18-,19-,22+,23+,24-,26+,27+,29+/m0/s1. The van der Waals surface area contributed by atoms with Crippen molar-refractivity contribution in [3.63, 3.8) is 0 Å². The van der Waals surface area contributed by atoms with Gasteiger partial charge in [0.1, 0.15) is 0 Å². The number of nitrogens with one attached hydrogen (secondary N) is 1. The zero-order valence-electron chi connectivity index (χ0n) is 20.9. The van der Waals surface area contributed by atoms with Crippen LogP contribution in [-0.4, -0.2) is 45.9 Å². The van der Waals surface area contributed by atoms with Crippen molar-refractivity contribution in [2.24, 2.45) is 23.7 Å². The summed E-state index contributed by atoms with van der Waals surface area (Å²) in [6.07, 6.45) is 6.53. The van der Waals surface area contributed by atoms with Gasteiger partial charge in [-0.15, -0.1) is 0 Å². The molecule has 1 saturated heterocycles. The molecule has 1 aliphatic carbocycles. The summed E-state index contributed by atoms with van der Waals surface area (Å²) in [5.41, 5.74) is 0.219. The number of esters is 1. The van der Waals surface area contributed by atoms with Crippen LogP contribution < -0.4 is 5.32 Å². The minimum absolute atomic E-state index is 0.0314. The molecule has 8 atom stereocenters. The molecule has 190 valence electrons. The van der Waals surface area contributed by atoms with E-state index in [9.17, 15) is 19.8 Å². The van der Waals surface area contributed by atoms with Crippen LogP contribution in [0.25, 0.3) is 0 Å². The molecule has 1 amide bonds. The van der Waals surface area contributed by atoms with E-state index in [-0.39, 0.29) is 30.2 Å². The van der Waals surface area contributed by atoms with Crippen LogP contribution >= 0.6 is 0 Å². The number of carbonyl (C=O) groups is 2. The number of carbonyl (C=O) groups excluding carboxylic acids is 2. The molecule has 1 saturated carbocycles. The lowest BCUT2D eigenvalue weighted by molar-refractivity contribution is -0.187. The fraction of sp³-hybridized carbons (Fsp3) is 0.586. The zero-order valence-corrected chi connectivity index (χ0v) is 20.9. The predicted molar refractivity (Wildman–Crippen MR) is 134 cm³/mol. The van der Waals surface area contributed by atoms with Crippen molar-refractivity contribution in [1.29, 1.82) is 0 Å². The average molecular weight is 482 g/mol. The molecule has 6 nitrogen and oxygen atoms in total. The largest absolute Gasteiger partial charge is 0.448 e. The smallest absolute Gasteiger partial charge is 0.306 e. The summed E-state index contributed by atoms with van der Waals surface area (Å²) in [6, 6.07) is 9.66. The van der Waals surface area contributed by atoms with E-state index < -0.39 is 29.7 Å². The zero-order chi connectivity index (χ0) is 25.2. The molecule has 3 aliphatic rings. The molecule has 1 aromatic rings. The Morgan fingerprint density at radius 3 is 2.60 bits per heavy atom. The molecule has 1 spiro atoms. The molecule has 3 N–H and O–H groups in total. The van der Waals surface area contributed by atoms with Crippen LogP contribution in [0.15, 0.2) is 54.6 Å². The Kier molecular flexibility index (Phi) is 7.82. The molecule has 2 heterocycles. The lowest BCUT2D eigenvalue weighted by Gasteiger charge is -2.49. The van der Waals surface area contributed by atoms with Crippen molar-refractivity contribution in [2.45, 2.75) is 82.6 Å². The van der Waals surface area contributed by atoms with Crippen LogP contribution in [0.4, 0.5) is 0 Å². The maximum atomic E-state index is 13.8. The van der Waals surface area contributed by atoms with Gasteiger partial charge in [-0.1, -0.05) is 75.8 Å². The number of amides is 1. The Morgan fingerprint density at radius 1 is 1.11 bits per heavy atom. The molecule has 0 aromatic heterocycles. The molecule has 6 heteroatoms. The SMILES string of the molecule is C=C1[C@@H](O)[C@H]2/C=C\C[C@@H](C)CCC[C@@H](O)CCC(=O)O[C@]23C(=O)N[C@@H](Cc2ccccc2)[C@H]3[C@H]1C. The third-order valence-electron chi connectivity index (χ3n) is 8.32. The van der Waals surface area contributed by atoms with Gasteiger partial charge in [0.25, 0.3) is 5.91 Å². The fourth-order valence-corrected chi connectivity index (χ4v) is 6.30. The molecule has 1 aromatic carbocycles. The van der Waals surface area contributed by atoms with Gasteiger partial charge in [0.2, 0.25) is 5.60 Å². The maximum absolute atomic E-state index is 13.8. The first-order valence-corrected chi connectivity index (χ1v) is 13.0. The summed E-state index contributed by atoms with van der Waals surface area (Å²) in [6.45, 7) is 8.32. The number of allylic oxidation sites excluding steroid dienone is 1. The highest BCUT2D eigenvalue weighted by molar-refractivity contribution is 5.92. The van der Waals surface area contributed by atoms with Crippen LogP contribution in [-0.2, 0) is 20.7 Å². The van der Waals surface area contributed by atoms with Crippen molar-refractivity contribution in [3.05, 3.63) is 60.2 Å². The second kappa shape index (κ2) is 10.7. The molecule has 0 bridgehead atoms. The van der Waals surface area contributed by atoms with E-state index in [0.717, 1.165) is 24.8 Å². The Balaban J connectivity index is 1.75. The van der Waals surface area contributed by atoms with Crippen molar-refractivity contribution in [1.82, 2.24) is 5.32 Å². The van der Waals surface area contributed by atoms with Crippen LogP contribution in [0.5, 0.6) is 0 Å². The molecular weight excluding hydrogens is 442 g/mol. The minimum Gasteiger partial charge on any atom is -0.448 e. The first-order chi connectivity index (χ1) is 16.7. The average Bonchev–Trinajstić information content (AvgIpc) is 3.09. The highest BCUT2D eigenvalue weighted by Gasteiger charge is 2.67. The number of hydrogen-bond acceptors (Lipinski definition) is 5. The summed E-state index contributed by atoms with van der Waals surface area (Å²) >= 11 is 0. The Bertz CT molecular complexity index is 959. The summed E-state index contributed by atoms with van der Waals surface area (Å²) in [5.74, 6) is -1.80. The molecule has 35 heavy (non-hydrogen) atoms. The van der Waals surface area contributed by atoms with Gasteiger partial charge in [0.05, 0.1) is 18.1 Å². The van der Waals surface area contributed by atoms with Crippen molar-refractivity contribution in [2.75, 3.05) is 0 Å². The van der Waals surface area contributed by atoms with Gasteiger partial charge >= 0.3 is 5.97 Å². The van der Waals surface area contributed by atoms with E-state index in [1.54, 1.807) is 0 Å². The molecular formula is C29H39NO5. The number of aliphatic hydroxyl groups is 2. The van der Waals surface area contributed by atoms with Gasteiger partial charge in [-0.2, -0.15) is 0 Å². The topological polar surface area (TPSA) is 95.9 Å². The van der Waals surface area contributed by atoms with Crippen molar-refractivity contribution >= 4 is 11.9 Å². The van der Waals surface area contributed by atoms with E-state index >= 15 is 0 Å². The normalized spacial score (nSPS) is 39.5. The number of aliphatic hydroxyl groups excluding tert-OH is 2. The number of benzene rings is 1. The first kappa shape index (κ1) is 25.6. The quantitative estimate of drug-likeness (QED) is 0.442. The summed E-state index contributed by atoms with van der Waals surface area (Å²) < 4.78 is 6.14. The predicted octanol–water partition coefficient (Wildman–Crippen LogP) is 3.72. The highest BCUT2D eigenvalue weighted by atomic mass is 16.6. The monoisotopic (exact) mass is 481 g/mol. The van der Waals surface area contributed by atoms with Crippen LogP contribution in [0.2, 0.25) is 0 Å². The number of hydrogen-bond donors (Lipinski definition) is 3. The van der Waals surface area contributed by atoms with Crippen LogP contribution in [0.3, 0.4) is 0 Å². The number of ether oxygens (including phenoxy) is 1. The summed E-state index contributed by atoms with van der Waals surface area (Å²) in [5, 5.41) is 24.8. The second-order valence-electron chi connectivity index (χ2n) is 10.8. The van der Waals surface area contributed by atoms with Gasteiger partial charge in [-0.3, -0.25) is 9.59 Å². The summed E-state index contributed by atoms with van der Waals surface area (Å²) in [7, 11) is 0. The van der Waals surface area contributed by atoms with E-state index in [0.29, 0.717) is 30.8 Å². The van der Waals surface area contributed by atoms with Crippen LogP contribution in [0.1, 0.15) is 57.9 Å². The van der Waals surface area contributed by atoms with E-state index in [1.165, 1.54) is 0 Å². The molecule has 2 aliphatic heterocycles. The number of rotatable bonds is 2. The van der Waals surface area contributed by atoms with E-state index in [4.69, 9.17) is 4.74 Å². The third kappa shape index (κ3) is 5.10. The molecule has 4 rings (SSSR count). The fourth-order valence-electron chi connectivity index (χ4n) is 6.30. The van der Waals surface area contributed by atoms with Gasteiger partial charge < -0.3 is 20.3 Å². The molecule has 2 fully saturated rings. The third-order valence-corrected chi connectivity index (χ3v) is 8.32. The van der Waals surface area contributed by atoms with Crippen molar-refractivity contribution in [3.8, 4) is 0 Å².